The molecule has 5 aliphatic rings. The van der Waals surface area contributed by atoms with E-state index in [-0.39, 0.29) is 82.3 Å². The molecular formula is C57H75Cl2N5O13. The van der Waals surface area contributed by atoms with Crippen LogP contribution >= 0.6 is 23.2 Å². The molecule has 0 radical (unpaired) electrons. The number of phenols is 2. The van der Waals surface area contributed by atoms with Crippen LogP contribution in [0.15, 0.2) is 72.3 Å². The standard InChI is InChI=1S/C22H28N4O6.C21H28O5.C14H19Cl2NO2/c27-11-9-23-5-7-25-13-1-2-14(26-8-6-24-10-12-28)18-17(13)21(31)19-15(29)3-4-16(30)20(19)22(18)32;1-19-7-5-13(23)9-12(19)3-4-14-15-6-8-21(26,17(25)11-22)20(15,2)10-16(24)18(14)19;15-8-10-17(11-9-16)13-6-4-12(5-7-13)2-1-3-14(18)19/h1-4,23-30H,5-12H2;5,7,9,14-16,18,22,24,26H,3-4,6,8,10-11H2,1-2H3;4-7H,1-3,8-11H2,(H,18,19)/t;14-,15-,16-,18+,19-,20-,21-;/m.0./s1. The second kappa shape index (κ2) is 27.5. The van der Waals surface area contributed by atoms with Crippen LogP contribution < -0.4 is 26.2 Å². The van der Waals surface area contributed by atoms with E-state index < -0.39 is 47.0 Å². The van der Waals surface area contributed by atoms with E-state index in [2.05, 4.69) is 33.1 Å². The van der Waals surface area contributed by atoms with Gasteiger partial charge >= 0.3 is 5.97 Å². The van der Waals surface area contributed by atoms with E-state index in [9.17, 15) is 49.5 Å². The monoisotopic (exact) mass is 1110 g/mol. The molecule has 7 atom stereocenters. The van der Waals surface area contributed by atoms with Crippen molar-refractivity contribution in [2.45, 2.75) is 76.9 Å². The Labute approximate surface area is 459 Å². The molecule has 8 rings (SSSR count). The average Bonchev–Trinajstić information content (AvgIpc) is 3.82. The Morgan fingerprint density at radius 1 is 0.753 bits per heavy atom. The Kier molecular flexibility index (Phi) is 21.7. The summed E-state index contributed by atoms with van der Waals surface area (Å²) in [5, 5.41) is 90.8. The van der Waals surface area contributed by atoms with Gasteiger partial charge in [0, 0.05) is 104 Å². The van der Waals surface area contributed by atoms with E-state index in [1.807, 2.05) is 37.3 Å². The van der Waals surface area contributed by atoms with Crippen LogP contribution in [0.25, 0.3) is 0 Å². The topological polar surface area (TPSA) is 299 Å². The predicted octanol–water partition coefficient (Wildman–Crippen LogP) is 4.80. The first kappa shape index (κ1) is 60.8. The molecule has 3 aromatic rings. The number of aromatic hydroxyl groups is 2. The van der Waals surface area contributed by atoms with Crippen LogP contribution in [0.1, 0.15) is 96.2 Å². The van der Waals surface area contributed by atoms with Gasteiger partial charge in [0.1, 0.15) is 23.7 Å². The zero-order valence-corrected chi connectivity index (χ0v) is 45.3. The summed E-state index contributed by atoms with van der Waals surface area (Å²) in [5.41, 5.74) is 1.39. The molecule has 5 aliphatic carbocycles. The molecule has 420 valence electrons. The number of carbonyl (C=O) groups is 5. The highest BCUT2D eigenvalue weighted by atomic mass is 35.5. The summed E-state index contributed by atoms with van der Waals surface area (Å²) in [6.45, 7) is 7.69. The van der Waals surface area contributed by atoms with E-state index in [1.54, 1.807) is 24.3 Å². The Morgan fingerprint density at radius 2 is 1.31 bits per heavy atom. The Morgan fingerprint density at radius 3 is 1.82 bits per heavy atom. The average molecular weight is 1110 g/mol. The molecule has 3 fully saturated rings. The number of aliphatic hydroxyl groups excluding tert-OH is 4. The lowest BCUT2D eigenvalue weighted by Crippen LogP contribution is -2.61. The van der Waals surface area contributed by atoms with Crippen LogP contribution in [-0.4, -0.2) is 166 Å². The summed E-state index contributed by atoms with van der Waals surface area (Å²) >= 11 is 11.5. The quantitative estimate of drug-likeness (QED) is 0.0270. The number of aliphatic carboxylic acids is 1. The zero-order chi connectivity index (χ0) is 56.1. The number of hydrogen-bond acceptors (Lipinski definition) is 17. The molecule has 12 N–H and O–H groups in total. The largest absolute Gasteiger partial charge is 0.507 e. The number of carbonyl (C=O) groups excluding carboxylic acids is 4. The van der Waals surface area contributed by atoms with Crippen molar-refractivity contribution in [2.75, 3.05) is 99.5 Å². The van der Waals surface area contributed by atoms with Crippen LogP contribution in [0.5, 0.6) is 11.5 Å². The third kappa shape index (κ3) is 13.4. The van der Waals surface area contributed by atoms with Crippen molar-refractivity contribution in [1.29, 1.82) is 0 Å². The number of allylic oxidation sites excluding steroid dienone is 4. The normalized spacial score (nSPS) is 24.6. The molecule has 18 nitrogen and oxygen atoms in total. The number of carboxylic acids is 1. The zero-order valence-electron chi connectivity index (χ0n) is 43.8. The summed E-state index contributed by atoms with van der Waals surface area (Å²) in [6.07, 6.45) is 9.35. The first-order chi connectivity index (χ1) is 36.8. The Hall–Kier alpha value is -5.41. The third-order valence-corrected chi connectivity index (χ3v) is 16.5. The Bertz CT molecular complexity index is 2570. The van der Waals surface area contributed by atoms with E-state index in [0.717, 1.165) is 55.6 Å². The van der Waals surface area contributed by atoms with Gasteiger partial charge in [-0.25, -0.2) is 0 Å². The number of halogens is 2. The van der Waals surface area contributed by atoms with Gasteiger partial charge in [0.25, 0.3) is 0 Å². The molecule has 0 unspecified atom stereocenters. The molecule has 77 heavy (non-hydrogen) atoms. The van der Waals surface area contributed by atoms with Gasteiger partial charge in [0.2, 0.25) is 11.6 Å². The maximum absolute atomic E-state index is 13.4. The van der Waals surface area contributed by atoms with Crippen LogP contribution in [0.2, 0.25) is 0 Å². The molecule has 3 aromatic carbocycles. The minimum atomic E-state index is -1.56. The van der Waals surface area contributed by atoms with E-state index in [1.165, 1.54) is 12.1 Å². The first-order valence-corrected chi connectivity index (χ1v) is 27.5. The summed E-state index contributed by atoms with van der Waals surface area (Å²) < 4.78 is 0. The number of aryl methyl sites for hydroxylation is 1. The number of ketones is 4. The second-order valence-corrected chi connectivity index (χ2v) is 21.5. The van der Waals surface area contributed by atoms with Crippen molar-refractivity contribution in [2.24, 2.45) is 28.6 Å². The number of alkyl halides is 2. The summed E-state index contributed by atoms with van der Waals surface area (Å²) in [5.74, 6) is -1.70. The predicted molar refractivity (Wildman–Crippen MR) is 296 cm³/mol. The number of rotatable bonds is 23. The van der Waals surface area contributed by atoms with Gasteiger partial charge in [-0.05, 0) is 111 Å². The number of nitrogens with zero attached hydrogens (tertiary/aromatic N) is 1. The molecular weight excluding hydrogens is 1030 g/mol. The maximum Gasteiger partial charge on any atom is 0.303 e. The highest BCUT2D eigenvalue weighted by Gasteiger charge is 2.68. The lowest BCUT2D eigenvalue weighted by molar-refractivity contribution is -0.178. The Balaban J connectivity index is 0.000000193. The lowest BCUT2D eigenvalue weighted by Gasteiger charge is -2.59. The number of benzene rings is 3. The van der Waals surface area contributed by atoms with E-state index in [4.69, 9.17) is 38.5 Å². The minimum Gasteiger partial charge on any atom is -0.507 e. The molecule has 0 aliphatic heterocycles. The van der Waals surface area contributed by atoms with E-state index >= 15 is 0 Å². The van der Waals surface area contributed by atoms with Gasteiger partial charge in [-0.1, -0.05) is 37.6 Å². The van der Waals surface area contributed by atoms with Crippen molar-refractivity contribution in [3.8, 4) is 11.5 Å². The number of hydrogen-bond donors (Lipinski definition) is 12. The summed E-state index contributed by atoms with van der Waals surface area (Å²) in [7, 11) is 0. The summed E-state index contributed by atoms with van der Waals surface area (Å²) in [4.78, 5) is 63.5. The molecule has 20 heteroatoms. The minimum absolute atomic E-state index is 0.00912. The number of anilines is 3. The third-order valence-electron chi connectivity index (χ3n) is 16.2. The smallest absolute Gasteiger partial charge is 0.303 e. The molecule has 0 spiro atoms. The number of phenolic OH excluding ortho intramolecular Hbond substituents is 2. The highest BCUT2D eigenvalue weighted by molar-refractivity contribution is 6.33. The van der Waals surface area contributed by atoms with Gasteiger partial charge < -0.3 is 67.0 Å². The van der Waals surface area contributed by atoms with Crippen LogP contribution in [0, 0.1) is 28.6 Å². The lowest BCUT2D eigenvalue weighted by atomic mass is 9.46. The fraction of sp³-hybridized carbons (Fsp3) is 0.526. The maximum atomic E-state index is 13.4. The molecule has 0 saturated heterocycles. The molecule has 0 amide bonds. The molecule has 0 heterocycles. The number of aliphatic hydroxyl groups is 5. The van der Waals surface area contributed by atoms with Gasteiger partial charge in [0.05, 0.1) is 41.6 Å². The number of nitrogens with one attached hydrogen (secondary N) is 4. The van der Waals surface area contributed by atoms with Crippen LogP contribution in [-0.2, 0) is 20.8 Å². The first-order valence-electron chi connectivity index (χ1n) is 26.4. The van der Waals surface area contributed by atoms with Gasteiger partial charge in [0.15, 0.2) is 11.6 Å². The number of fused-ring (bicyclic) bond motifs is 7. The van der Waals surface area contributed by atoms with Crippen molar-refractivity contribution in [1.82, 2.24) is 10.6 Å². The number of Topliss-reactive ketones (excluding diaryl/α,β-unsaturated/α-hetero) is 1. The van der Waals surface area contributed by atoms with Gasteiger partial charge in [-0.2, -0.15) is 0 Å². The van der Waals surface area contributed by atoms with Crippen molar-refractivity contribution in [3.05, 3.63) is 100 Å². The van der Waals surface area contributed by atoms with Gasteiger partial charge in [-0.15, -0.1) is 23.2 Å². The van der Waals surface area contributed by atoms with E-state index in [0.29, 0.717) is 81.7 Å². The second-order valence-electron chi connectivity index (χ2n) is 20.7. The SMILES string of the molecule is C[C@]12C=CC(=O)C=C1CC[C@@H]1[C@@H]2[C@@H](O)C[C@@]2(C)[C@H]1CC[C@]2(O)C(=O)CO.O=C(O)CCCc1ccc(N(CCCl)CCCl)cc1.O=C1c2c(O)ccc(O)c2C(=O)c2c(NCCNCCO)ccc(NCCNCCO)c21. The fourth-order valence-electron chi connectivity index (χ4n) is 12.4. The molecule has 3 saturated carbocycles. The van der Waals surface area contributed by atoms with Crippen LogP contribution in [0.4, 0.5) is 17.1 Å². The fourth-order valence-corrected chi connectivity index (χ4v) is 12.9. The van der Waals surface area contributed by atoms with Crippen molar-refractivity contribution >= 4 is 69.4 Å². The molecule has 0 aromatic heterocycles. The summed E-state index contributed by atoms with van der Waals surface area (Å²) in [6, 6.07) is 13.9. The van der Waals surface area contributed by atoms with Crippen LogP contribution in [0.3, 0.4) is 0 Å². The van der Waals surface area contributed by atoms with Gasteiger partial charge in [-0.3, -0.25) is 24.0 Å². The van der Waals surface area contributed by atoms with Crippen molar-refractivity contribution < 1.29 is 64.8 Å². The molecule has 0 bridgehead atoms. The van der Waals surface area contributed by atoms with Crippen molar-refractivity contribution in [3.63, 3.8) is 0 Å². The highest BCUT2D eigenvalue weighted by Crippen LogP contribution is 2.67. The number of carboxylic acid groups (broad SMARTS) is 1.